The van der Waals surface area contributed by atoms with Crippen molar-refractivity contribution in [2.45, 2.75) is 96.8 Å². The largest absolute Gasteiger partial charge is 0.494 e. The Kier molecular flexibility index (Phi) is 11.1. The Morgan fingerprint density at radius 1 is 0.853 bits per heavy atom. The molecule has 2 aromatic carbocycles. The molecule has 1 aliphatic carbocycles. The normalized spacial score (nSPS) is 18.0. The van der Waals surface area contributed by atoms with Crippen LogP contribution in [0.3, 0.4) is 0 Å². The van der Waals surface area contributed by atoms with E-state index in [0.29, 0.717) is 23.8 Å². The summed E-state index contributed by atoms with van der Waals surface area (Å²) < 4.78 is 32.2. The molecule has 3 heteroatoms. The number of benzene rings is 2. The quantitative estimate of drug-likeness (QED) is 0.266. The van der Waals surface area contributed by atoms with Gasteiger partial charge in [-0.1, -0.05) is 89.1 Å². The number of hydrogen-bond acceptors (Lipinski definition) is 1. The van der Waals surface area contributed by atoms with Crippen molar-refractivity contribution in [3.8, 4) is 16.9 Å². The summed E-state index contributed by atoms with van der Waals surface area (Å²) in [6.07, 6.45) is 14.4. The second kappa shape index (κ2) is 14.3. The summed E-state index contributed by atoms with van der Waals surface area (Å²) in [6.45, 7) is 5.07. The van der Waals surface area contributed by atoms with Gasteiger partial charge in [0.1, 0.15) is 5.75 Å². The maximum Gasteiger partial charge on any atom is 0.270 e. The Balaban J connectivity index is 1.64. The van der Waals surface area contributed by atoms with E-state index in [0.717, 1.165) is 36.0 Å². The maximum atomic E-state index is 13.2. The van der Waals surface area contributed by atoms with Crippen LogP contribution in [-0.2, 0) is 0 Å². The molecule has 0 atom stereocenters. The van der Waals surface area contributed by atoms with E-state index in [4.69, 9.17) is 4.74 Å². The van der Waals surface area contributed by atoms with Gasteiger partial charge < -0.3 is 4.74 Å². The highest BCUT2D eigenvalue weighted by atomic mass is 19.3. The molecule has 0 spiro atoms. The van der Waals surface area contributed by atoms with Crippen molar-refractivity contribution in [2.75, 3.05) is 6.61 Å². The van der Waals surface area contributed by atoms with E-state index in [1.807, 2.05) is 12.1 Å². The van der Waals surface area contributed by atoms with Gasteiger partial charge in [-0.2, -0.15) is 8.78 Å². The molecule has 0 radical (unpaired) electrons. The van der Waals surface area contributed by atoms with Crippen LogP contribution >= 0.6 is 0 Å². The highest BCUT2D eigenvalue weighted by Crippen LogP contribution is 2.39. The summed E-state index contributed by atoms with van der Waals surface area (Å²) in [4.78, 5) is 0. The zero-order valence-corrected chi connectivity index (χ0v) is 21.1. The first kappa shape index (κ1) is 26.4. The van der Waals surface area contributed by atoms with E-state index in [1.54, 1.807) is 6.07 Å². The van der Waals surface area contributed by atoms with Gasteiger partial charge >= 0.3 is 0 Å². The lowest BCUT2D eigenvalue weighted by molar-refractivity contribution is 0.303. The van der Waals surface area contributed by atoms with Gasteiger partial charge in [0.25, 0.3) is 6.08 Å². The third kappa shape index (κ3) is 8.25. The third-order valence-corrected chi connectivity index (χ3v) is 7.31. The van der Waals surface area contributed by atoms with Crippen molar-refractivity contribution >= 4 is 6.08 Å². The second-order valence-electron chi connectivity index (χ2n) is 9.93. The SMILES string of the molecule is CCCCCCOc1ccc(-c2ccc(C3CCC(CCCCC)CC3)cc2)c(C=C(F)F)c1. The van der Waals surface area contributed by atoms with E-state index in [9.17, 15) is 8.78 Å². The molecule has 186 valence electrons. The Hall–Kier alpha value is -2.16. The molecule has 0 saturated heterocycles. The Morgan fingerprint density at radius 3 is 2.24 bits per heavy atom. The van der Waals surface area contributed by atoms with E-state index in [-0.39, 0.29) is 0 Å². The van der Waals surface area contributed by atoms with Gasteiger partial charge in [-0.25, -0.2) is 0 Å². The first-order valence-electron chi connectivity index (χ1n) is 13.5. The van der Waals surface area contributed by atoms with Crippen LogP contribution in [0.25, 0.3) is 17.2 Å². The van der Waals surface area contributed by atoms with Gasteiger partial charge in [0.2, 0.25) is 0 Å². The average molecular weight is 469 g/mol. The smallest absolute Gasteiger partial charge is 0.270 e. The van der Waals surface area contributed by atoms with Crippen LogP contribution in [0.15, 0.2) is 48.5 Å². The maximum absolute atomic E-state index is 13.2. The molecular weight excluding hydrogens is 426 g/mol. The van der Waals surface area contributed by atoms with Crippen molar-refractivity contribution in [2.24, 2.45) is 5.92 Å². The molecule has 34 heavy (non-hydrogen) atoms. The molecule has 0 unspecified atom stereocenters. The van der Waals surface area contributed by atoms with Crippen LogP contribution in [0.5, 0.6) is 5.75 Å². The summed E-state index contributed by atoms with van der Waals surface area (Å²) in [5.41, 5.74) is 3.68. The van der Waals surface area contributed by atoms with Gasteiger partial charge in [0, 0.05) is 6.08 Å². The van der Waals surface area contributed by atoms with Crippen molar-refractivity contribution in [1.82, 2.24) is 0 Å². The standard InChI is InChI=1S/C31H42F2O/c1-3-5-7-9-21-34-29-19-20-30(28(22-29)23-31(32)33)27-17-15-26(16-18-27)25-13-11-24(12-14-25)10-8-6-4-2/h15-20,22-25H,3-14,21H2,1-2H3. The molecule has 1 nitrogen and oxygen atoms in total. The van der Waals surface area contributed by atoms with Crippen LogP contribution in [0.2, 0.25) is 0 Å². The Morgan fingerprint density at radius 2 is 1.56 bits per heavy atom. The van der Waals surface area contributed by atoms with Gasteiger partial charge in [0.05, 0.1) is 6.61 Å². The second-order valence-corrected chi connectivity index (χ2v) is 9.93. The number of hydrogen-bond donors (Lipinski definition) is 0. The highest BCUT2D eigenvalue weighted by molar-refractivity contribution is 5.76. The minimum atomic E-state index is -1.69. The fourth-order valence-corrected chi connectivity index (χ4v) is 5.25. The van der Waals surface area contributed by atoms with Crippen LogP contribution in [0.4, 0.5) is 8.78 Å². The Bertz CT molecular complexity index is 875. The van der Waals surface area contributed by atoms with E-state index < -0.39 is 6.08 Å². The molecule has 3 rings (SSSR count). The van der Waals surface area contributed by atoms with Crippen molar-refractivity contribution in [3.05, 3.63) is 59.7 Å². The molecule has 0 heterocycles. The Labute approximate surface area is 205 Å². The molecule has 0 aromatic heterocycles. The minimum Gasteiger partial charge on any atom is -0.494 e. The molecule has 2 aromatic rings. The lowest BCUT2D eigenvalue weighted by Gasteiger charge is -2.29. The van der Waals surface area contributed by atoms with Gasteiger partial charge in [-0.3, -0.25) is 0 Å². The summed E-state index contributed by atoms with van der Waals surface area (Å²) >= 11 is 0. The zero-order chi connectivity index (χ0) is 24.2. The van der Waals surface area contributed by atoms with Crippen molar-refractivity contribution in [1.29, 1.82) is 0 Å². The summed E-state index contributed by atoms with van der Waals surface area (Å²) in [5, 5.41) is 0. The summed E-state index contributed by atoms with van der Waals surface area (Å²) in [5.74, 6) is 2.18. The summed E-state index contributed by atoms with van der Waals surface area (Å²) in [6, 6.07) is 14.1. The number of halogens is 2. The molecule has 0 N–H and O–H groups in total. The minimum absolute atomic E-state index is 0.506. The molecule has 0 amide bonds. The predicted octanol–water partition coefficient (Wildman–Crippen LogP) is 10.4. The molecular formula is C31H42F2O. The van der Waals surface area contributed by atoms with Crippen LogP contribution in [0, 0.1) is 5.92 Å². The number of ether oxygens (including phenoxy) is 1. The zero-order valence-electron chi connectivity index (χ0n) is 21.1. The van der Waals surface area contributed by atoms with Crippen LogP contribution in [-0.4, -0.2) is 6.61 Å². The predicted molar refractivity (Wildman–Crippen MR) is 141 cm³/mol. The average Bonchev–Trinajstić information content (AvgIpc) is 2.84. The first-order chi connectivity index (χ1) is 16.6. The van der Waals surface area contributed by atoms with E-state index >= 15 is 0 Å². The topological polar surface area (TPSA) is 9.23 Å². The first-order valence-corrected chi connectivity index (χ1v) is 13.5. The van der Waals surface area contributed by atoms with E-state index in [1.165, 1.54) is 69.8 Å². The van der Waals surface area contributed by atoms with Gasteiger partial charge in [-0.05, 0) is 78.3 Å². The van der Waals surface area contributed by atoms with Gasteiger partial charge in [-0.15, -0.1) is 0 Å². The molecule has 1 saturated carbocycles. The molecule has 0 bridgehead atoms. The monoisotopic (exact) mass is 468 g/mol. The van der Waals surface area contributed by atoms with Crippen LogP contribution in [0.1, 0.15) is 108 Å². The molecule has 1 aliphatic rings. The number of rotatable bonds is 13. The molecule has 0 aliphatic heterocycles. The highest BCUT2D eigenvalue weighted by Gasteiger charge is 2.22. The van der Waals surface area contributed by atoms with Crippen molar-refractivity contribution < 1.29 is 13.5 Å². The number of unbranched alkanes of at least 4 members (excludes halogenated alkanes) is 5. The lowest BCUT2D eigenvalue weighted by Crippen LogP contribution is -2.13. The fraction of sp³-hybridized carbons (Fsp3) is 0.548. The van der Waals surface area contributed by atoms with Crippen LogP contribution < -0.4 is 4.74 Å². The summed E-state index contributed by atoms with van der Waals surface area (Å²) in [7, 11) is 0. The molecule has 1 fully saturated rings. The lowest BCUT2D eigenvalue weighted by atomic mass is 9.77. The third-order valence-electron chi connectivity index (χ3n) is 7.31. The fourth-order valence-electron chi connectivity index (χ4n) is 5.25. The van der Waals surface area contributed by atoms with E-state index in [2.05, 4.69) is 38.1 Å². The van der Waals surface area contributed by atoms with Gasteiger partial charge in [0.15, 0.2) is 0 Å². The van der Waals surface area contributed by atoms with Crippen molar-refractivity contribution in [3.63, 3.8) is 0 Å².